The molecule has 0 aliphatic carbocycles. The van der Waals surface area contributed by atoms with Crippen molar-refractivity contribution in [3.63, 3.8) is 0 Å². The maximum atomic E-state index is 11.6. The molecule has 0 radical (unpaired) electrons. The van der Waals surface area contributed by atoms with E-state index in [-0.39, 0.29) is 5.75 Å². The lowest BCUT2D eigenvalue weighted by molar-refractivity contribution is -0.0573. The van der Waals surface area contributed by atoms with Crippen LogP contribution in [0, 0.1) is 0 Å². The molecule has 0 aliphatic heterocycles. The quantitative estimate of drug-likeness (QED) is 0.566. The Morgan fingerprint density at radius 3 is 2.44 bits per heavy atom. The van der Waals surface area contributed by atoms with E-state index in [0.29, 0.717) is 12.2 Å². The third-order valence-corrected chi connectivity index (χ3v) is 3.12. The molecule has 0 saturated heterocycles. The van der Waals surface area contributed by atoms with Crippen LogP contribution in [-0.2, 0) is 24.8 Å². The van der Waals surface area contributed by atoms with Crippen LogP contribution in [0.2, 0.25) is 0 Å². The number of hydrogen-bond acceptors (Lipinski definition) is 4. The van der Waals surface area contributed by atoms with Crippen molar-refractivity contribution >= 4 is 10.1 Å². The van der Waals surface area contributed by atoms with Gasteiger partial charge in [0, 0.05) is 6.61 Å². The van der Waals surface area contributed by atoms with Crippen LogP contribution < -0.4 is 0 Å². The predicted molar refractivity (Wildman–Crippen MR) is 61.2 cm³/mol. The third-order valence-electron chi connectivity index (χ3n) is 1.87. The molecule has 0 heterocycles. The van der Waals surface area contributed by atoms with Crippen molar-refractivity contribution in [3.8, 4) is 0 Å². The molecule has 1 atom stereocenters. The van der Waals surface area contributed by atoms with Crippen LogP contribution in [-0.4, -0.2) is 21.3 Å². The largest absolute Gasteiger partial charge is 0.352 e. The maximum absolute atomic E-state index is 11.6. The molecule has 0 amide bonds. The van der Waals surface area contributed by atoms with Gasteiger partial charge >= 0.3 is 0 Å². The molecular weight excluding hydrogens is 228 g/mol. The van der Waals surface area contributed by atoms with E-state index in [0.717, 1.165) is 0 Å². The summed E-state index contributed by atoms with van der Waals surface area (Å²) in [4.78, 5) is 0. The number of ether oxygens (including phenoxy) is 1. The highest BCUT2D eigenvalue weighted by atomic mass is 32.2. The van der Waals surface area contributed by atoms with Crippen LogP contribution >= 0.6 is 0 Å². The Bertz CT molecular complexity index is 399. The third kappa shape index (κ3) is 4.74. The summed E-state index contributed by atoms with van der Waals surface area (Å²) in [7, 11) is -3.58. The van der Waals surface area contributed by atoms with Crippen molar-refractivity contribution in [3.05, 3.63) is 35.9 Å². The second-order valence-electron chi connectivity index (χ2n) is 3.31. The van der Waals surface area contributed by atoms with E-state index in [2.05, 4.69) is 0 Å². The Hall–Kier alpha value is -0.910. The standard InChI is InChI=1S/C11H16O4S/c1-3-14-10(2)15-16(12,13)9-11-7-5-4-6-8-11/h4-8,10H,3,9H2,1-2H3. The second-order valence-corrected chi connectivity index (χ2v) is 4.90. The van der Waals surface area contributed by atoms with Gasteiger partial charge in [0.2, 0.25) is 0 Å². The van der Waals surface area contributed by atoms with Gasteiger partial charge in [-0.05, 0) is 19.4 Å². The highest BCUT2D eigenvalue weighted by Gasteiger charge is 2.16. The Morgan fingerprint density at radius 1 is 1.25 bits per heavy atom. The van der Waals surface area contributed by atoms with Crippen LogP contribution in [0.3, 0.4) is 0 Å². The average molecular weight is 244 g/mol. The average Bonchev–Trinajstić information content (AvgIpc) is 2.17. The number of hydrogen-bond donors (Lipinski definition) is 0. The van der Waals surface area contributed by atoms with Crippen LogP contribution in [0.1, 0.15) is 19.4 Å². The van der Waals surface area contributed by atoms with Gasteiger partial charge in [-0.2, -0.15) is 8.42 Å². The summed E-state index contributed by atoms with van der Waals surface area (Å²) in [6, 6.07) is 8.89. The summed E-state index contributed by atoms with van der Waals surface area (Å²) in [5.41, 5.74) is 0.700. The SMILES string of the molecule is CCOC(C)OS(=O)(=O)Cc1ccccc1. The monoisotopic (exact) mass is 244 g/mol. The van der Waals surface area contributed by atoms with Gasteiger partial charge in [0.1, 0.15) is 5.75 Å². The Labute approximate surface area is 96.3 Å². The van der Waals surface area contributed by atoms with Gasteiger partial charge in [0.05, 0.1) is 0 Å². The van der Waals surface area contributed by atoms with E-state index in [1.165, 1.54) is 0 Å². The van der Waals surface area contributed by atoms with Crippen LogP contribution in [0.25, 0.3) is 0 Å². The Morgan fingerprint density at radius 2 is 1.88 bits per heavy atom. The molecule has 4 nitrogen and oxygen atoms in total. The molecule has 1 rings (SSSR count). The molecule has 0 saturated carbocycles. The van der Waals surface area contributed by atoms with Crippen LogP contribution in [0.15, 0.2) is 30.3 Å². The van der Waals surface area contributed by atoms with Gasteiger partial charge in [0.15, 0.2) is 6.29 Å². The van der Waals surface area contributed by atoms with Crippen LogP contribution in [0.5, 0.6) is 0 Å². The summed E-state index contributed by atoms with van der Waals surface area (Å²) in [6.07, 6.45) is -0.737. The van der Waals surface area contributed by atoms with Gasteiger partial charge in [-0.25, -0.2) is 4.18 Å². The van der Waals surface area contributed by atoms with Crippen LogP contribution in [0.4, 0.5) is 0 Å². The lowest BCUT2D eigenvalue weighted by atomic mass is 10.2. The Kier molecular flexibility index (Phi) is 4.92. The molecule has 16 heavy (non-hydrogen) atoms. The minimum atomic E-state index is -3.58. The zero-order valence-corrected chi connectivity index (χ0v) is 10.2. The Balaban J connectivity index is 2.59. The molecule has 5 heteroatoms. The molecule has 0 bridgehead atoms. The highest BCUT2D eigenvalue weighted by Crippen LogP contribution is 2.09. The van der Waals surface area contributed by atoms with E-state index in [1.54, 1.807) is 38.1 Å². The minimum Gasteiger partial charge on any atom is -0.352 e. The molecular formula is C11H16O4S. The van der Waals surface area contributed by atoms with Gasteiger partial charge in [-0.1, -0.05) is 30.3 Å². The molecule has 1 aromatic rings. The lowest BCUT2D eigenvalue weighted by Gasteiger charge is -2.12. The highest BCUT2D eigenvalue weighted by molar-refractivity contribution is 7.85. The van der Waals surface area contributed by atoms with Crippen molar-refractivity contribution < 1.29 is 17.3 Å². The minimum absolute atomic E-state index is 0.134. The molecule has 1 aromatic carbocycles. The fourth-order valence-electron chi connectivity index (χ4n) is 1.28. The van der Waals surface area contributed by atoms with Crippen molar-refractivity contribution in [1.82, 2.24) is 0 Å². The van der Waals surface area contributed by atoms with E-state index < -0.39 is 16.4 Å². The summed E-state index contributed by atoms with van der Waals surface area (Å²) in [5.74, 6) is -0.134. The first-order valence-electron chi connectivity index (χ1n) is 5.10. The lowest BCUT2D eigenvalue weighted by Crippen LogP contribution is -2.19. The van der Waals surface area contributed by atoms with Crippen molar-refractivity contribution in [2.45, 2.75) is 25.9 Å². The van der Waals surface area contributed by atoms with Gasteiger partial charge in [0.25, 0.3) is 10.1 Å². The van der Waals surface area contributed by atoms with Gasteiger partial charge in [-0.15, -0.1) is 0 Å². The first kappa shape index (κ1) is 13.2. The summed E-state index contributed by atoms with van der Waals surface area (Å²) >= 11 is 0. The van der Waals surface area contributed by atoms with Gasteiger partial charge in [-0.3, -0.25) is 0 Å². The molecule has 0 aliphatic rings. The molecule has 0 N–H and O–H groups in total. The fraction of sp³-hybridized carbons (Fsp3) is 0.455. The molecule has 90 valence electrons. The van der Waals surface area contributed by atoms with Crippen molar-refractivity contribution in [2.24, 2.45) is 0 Å². The molecule has 0 aromatic heterocycles. The van der Waals surface area contributed by atoms with E-state index in [1.807, 2.05) is 6.07 Å². The summed E-state index contributed by atoms with van der Waals surface area (Å²) in [6.45, 7) is 3.76. The first-order chi connectivity index (χ1) is 7.53. The zero-order valence-electron chi connectivity index (χ0n) is 9.42. The predicted octanol–water partition coefficient (Wildman–Crippen LogP) is 1.92. The zero-order chi connectivity index (χ0) is 12.0. The summed E-state index contributed by atoms with van der Waals surface area (Å²) < 4.78 is 33.0. The maximum Gasteiger partial charge on any atom is 0.274 e. The first-order valence-corrected chi connectivity index (χ1v) is 6.67. The van der Waals surface area contributed by atoms with E-state index >= 15 is 0 Å². The smallest absolute Gasteiger partial charge is 0.274 e. The summed E-state index contributed by atoms with van der Waals surface area (Å²) in [5, 5.41) is 0. The van der Waals surface area contributed by atoms with E-state index in [4.69, 9.17) is 8.92 Å². The van der Waals surface area contributed by atoms with Crippen molar-refractivity contribution in [2.75, 3.05) is 6.61 Å². The second kappa shape index (κ2) is 5.98. The molecule has 1 unspecified atom stereocenters. The molecule has 0 fully saturated rings. The molecule has 0 spiro atoms. The number of rotatable bonds is 6. The fourth-order valence-corrected chi connectivity index (χ4v) is 2.42. The number of benzene rings is 1. The van der Waals surface area contributed by atoms with E-state index in [9.17, 15) is 8.42 Å². The topological polar surface area (TPSA) is 52.6 Å². The van der Waals surface area contributed by atoms with Crippen molar-refractivity contribution in [1.29, 1.82) is 0 Å². The van der Waals surface area contributed by atoms with Gasteiger partial charge < -0.3 is 4.74 Å². The normalized spacial score (nSPS) is 13.6.